The van der Waals surface area contributed by atoms with E-state index in [2.05, 4.69) is 27.0 Å². The lowest BCUT2D eigenvalue weighted by molar-refractivity contribution is 0.174. The molecular formula is C12H11BrN2O2S. The Morgan fingerprint density at radius 1 is 1.28 bits per heavy atom. The van der Waals surface area contributed by atoms with Crippen LogP contribution in [-0.2, 0) is 12.8 Å². The Kier molecular flexibility index (Phi) is 3.13. The molecule has 1 aliphatic rings. The molecule has 0 spiro atoms. The second-order valence-corrected chi connectivity index (χ2v) is 6.31. The zero-order chi connectivity index (χ0) is 12.5. The van der Waals surface area contributed by atoms with Gasteiger partial charge < -0.3 is 15.2 Å². The molecule has 0 radical (unpaired) electrons. The van der Waals surface area contributed by atoms with Gasteiger partial charge in [-0.2, -0.15) is 0 Å². The fourth-order valence-electron chi connectivity index (χ4n) is 1.86. The van der Waals surface area contributed by atoms with E-state index in [0.717, 1.165) is 33.8 Å². The summed E-state index contributed by atoms with van der Waals surface area (Å²) in [5.74, 6) is 1.64. The number of halogens is 1. The van der Waals surface area contributed by atoms with Crippen LogP contribution in [0, 0.1) is 0 Å². The van der Waals surface area contributed by atoms with E-state index in [4.69, 9.17) is 15.2 Å². The number of anilines is 1. The molecule has 2 aromatic rings. The summed E-state index contributed by atoms with van der Waals surface area (Å²) in [6.45, 7) is 0.312. The summed E-state index contributed by atoms with van der Waals surface area (Å²) in [4.78, 5) is 4.29. The van der Waals surface area contributed by atoms with Crippen LogP contribution >= 0.6 is 27.3 Å². The molecule has 0 unspecified atom stereocenters. The monoisotopic (exact) mass is 326 g/mol. The normalized spacial score (nSPS) is 12.9. The van der Waals surface area contributed by atoms with Crippen molar-refractivity contribution in [2.24, 2.45) is 0 Å². The Labute approximate surface area is 117 Å². The minimum Gasteiger partial charge on any atom is -0.454 e. The van der Waals surface area contributed by atoms with Crippen LogP contribution in [0.15, 0.2) is 22.0 Å². The smallest absolute Gasteiger partial charge is 0.231 e. The Morgan fingerprint density at radius 3 is 2.89 bits per heavy atom. The van der Waals surface area contributed by atoms with Gasteiger partial charge in [-0.1, -0.05) is 17.4 Å². The number of hydrogen-bond donors (Lipinski definition) is 1. The molecule has 0 bridgehead atoms. The molecular weight excluding hydrogens is 316 g/mol. The molecule has 0 fully saturated rings. The average Bonchev–Trinajstić information content (AvgIpc) is 2.92. The summed E-state index contributed by atoms with van der Waals surface area (Å²) in [7, 11) is 0. The molecule has 0 aliphatic carbocycles. The first-order valence-corrected chi connectivity index (χ1v) is 7.12. The topological polar surface area (TPSA) is 57.4 Å². The summed E-state index contributed by atoms with van der Waals surface area (Å²) in [6, 6.07) is 6.02. The van der Waals surface area contributed by atoms with Crippen molar-refractivity contribution in [1.29, 1.82) is 0 Å². The number of benzene rings is 1. The van der Waals surface area contributed by atoms with E-state index in [1.165, 1.54) is 16.9 Å². The lowest BCUT2D eigenvalue weighted by Gasteiger charge is -2.02. The minimum absolute atomic E-state index is 0.312. The maximum absolute atomic E-state index is 5.66. The first kappa shape index (κ1) is 11.8. The van der Waals surface area contributed by atoms with Crippen LogP contribution in [0.25, 0.3) is 0 Å². The second-order valence-electron chi connectivity index (χ2n) is 3.96. The van der Waals surface area contributed by atoms with Gasteiger partial charge in [-0.25, -0.2) is 4.98 Å². The summed E-state index contributed by atoms with van der Waals surface area (Å²) in [5.41, 5.74) is 7.88. The molecule has 4 nitrogen and oxygen atoms in total. The molecule has 94 valence electrons. The van der Waals surface area contributed by atoms with Crippen LogP contribution in [0.3, 0.4) is 0 Å². The highest BCUT2D eigenvalue weighted by Crippen LogP contribution is 2.33. The Balaban J connectivity index is 1.72. The SMILES string of the molecule is Nc1nc(CCc2ccc3c(c2)OCO3)c(Br)s1. The predicted molar refractivity (Wildman–Crippen MR) is 74.2 cm³/mol. The number of hydrogen-bond acceptors (Lipinski definition) is 5. The molecule has 18 heavy (non-hydrogen) atoms. The maximum Gasteiger partial charge on any atom is 0.231 e. The lowest BCUT2D eigenvalue weighted by Crippen LogP contribution is -1.94. The minimum atomic E-state index is 0.312. The third-order valence-corrected chi connectivity index (χ3v) is 4.41. The average molecular weight is 327 g/mol. The zero-order valence-electron chi connectivity index (χ0n) is 9.48. The predicted octanol–water partition coefficient (Wildman–Crippen LogP) is 3.00. The fourth-order valence-corrected chi connectivity index (χ4v) is 3.25. The van der Waals surface area contributed by atoms with Gasteiger partial charge in [0.15, 0.2) is 16.6 Å². The van der Waals surface area contributed by atoms with Crippen LogP contribution in [0.1, 0.15) is 11.3 Å². The Morgan fingerprint density at radius 2 is 2.11 bits per heavy atom. The van der Waals surface area contributed by atoms with E-state index in [1.54, 1.807) is 0 Å². The number of aromatic nitrogens is 1. The fraction of sp³-hybridized carbons (Fsp3) is 0.250. The summed E-state index contributed by atoms with van der Waals surface area (Å²) in [5, 5.41) is 0.600. The van der Waals surface area contributed by atoms with Gasteiger partial charge in [-0.3, -0.25) is 0 Å². The Bertz CT molecular complexity index is 585. The van der Waals surface area contributed by atoms with Crippen molar-refractivity contribution in [2.75, 3.05) is 12.5 Å². The quantitative estimate of drug-likeness (QED) is 0.941. The van der Waals surface area contributed by atoms with E-state index in [1.807, 2.05) is 12.1 Å². The van der Waals surface area contributed by atoms with Crippen LogP contribution in [0.4, 0.5) is 5.13 Å². The highest BCUT2D eigenvalue weighted by molar-refractivity contribution is 9.11. The van der Waals surface area contributed by atoms with Crippen molar-refractivity contribution in [3.8, 4) is 11.5 Å². The van der Waals surface area contributed by atoms with E-state index in [-0.39, 0.29) is 0 Å². The zero-order valence-corrected chi connectivity index (χ0v) is 11.9. The molecule has 2 N–H and O–H groups in total. The third-order valence-electron chi connectivity index (χ3n) is 2.75. The summed E-state index contributed by atoms with van der Waals surface area (Å²) < 4.78 is 11.7. The highest BCUT2D eigenvalue weighted by Gasteiger charge is 2.13. The van der Waals surface area contributed by atoms with E-state index in [9.17, 15) is 0 Å². The second kappa shape index (κ2) is 4.78. The first-order valence-electron chi connectivity index (χ1n) is 5.51. The van der Waals surface area contributed by atoms with Gasteiger partial charge in [0.2, 0.25) is 6.79 Å². The number of nitrogens with zero attached hydrogens (tertiary/aromatic N) is 1. The van der Waals surface area contributed by atoms with Crippen LogP contribution in [0.2, 0.25) is 0 Å². The van der Waals surface area contributed by atoms with Gasteiger partial charge >= 0.3 is 0 Å². The van der Waals surface area contributed by atoms with Crippen LogP contribution < -0.4 is 15.2 Å². The van der Waals surface area contributed by atoms with Crippen molar-refractivity contribution in [2.45, 2.75) is 12.8 Å². The van der Waals surface area contributed by atoms with Gasteiger partial charge in [0.05, 0.1) is 9.48 Å². The van der Waals surface area contributed by atoms with E-state index >= 15 is 0 Å². The molecule has 3 rings (SSSR count). The number of nitrogen functional groups attached to an aromatic ring is 1. The number of fused-ring (bicyclic) bond motifs is 1. The molecule has 0 amide bonds. The summed E-state index contributed by atoms with van der Waals surface area (Å²) >= 11 is 4.93. The van der Waals surface area contributed by atoms with Crippen molar-refractivity contribution in [3.63, 3.8) is 0 Å². The molecule has 0 atom stereocenters. The first-order chi connectivity index (χ1) is 8.72. The molecule has 6 heteroatoms. The number of rotatable bonds is 3. The molecule has 0 saturated heterocycles. The van der Waals surface area contributed by atoms with Crippen molar-refractivity contribution >= 4 is 32.4 Å². The molecule has 1 aromatic heterocycles. The van der Waals surface area contributed by atoms with Gasteiger partial charge in [-0.15, -0.1) is 0 Å². The number of thiazole rings is 1. The number of aryl methyl sites for hydroxylation is 2. The Hall–Kier alpha value is -1.27. The maximum atomic E-state index is 5.66. The van der Waals surface area contributed by atoms with E-state index < -0.39 is 0 Å². The largest absolute Gasteiger partial charge is 0.454 e. The molecule has 2 heterocycles. The highest BCUT2D eigenvalue weighted by atomic mass is 79.9. The number of nitrogens with two attached hydrogens (primary N) is 1. The van der Waals surface area contributed by atoms with Gasteiger partial charge in [-0.05, 0) is 46.5 Å². The molecule has 1 aromatic carbocycles. The molecule has 1 aliphatic heterocycles. The van der Waals surface area contributed by atoms with Crippen molar-refractivity contribution in [3.05, 3.63) is 33.2 Å². The van der Waals surface area contributed by atoms with E-state index in [0.29, 0.717) is 11.9 Å². The standard InChI is InChI=1S/C12H11BrN2O2S/c13-11-8(15-12(14)18-11)3-1-7-2-4-9-10(5-7)17-6-16-9/h2,4-5H,1,3,6H2,(H2,14,15). The van der Waals surface area contributed by atoms with Crippen LogP contribution in [-0.4, -0.2) is 11.8 Å². The summed E-state index contributed by atoms with van der Waals surface area (Å²) in [6.07, 6.45) is 1.76. The molecule has 0 saturated carbocycles. The number of ether oxygens (including phenoxy) is 2. The van der Waals surface area contributed by atoms with Gasteiger partial charge in [0.1, 0.15) is 0 Å². The van der Waals surface area contributed by atoms with Crippen LogP contribution in [0.5, 0.6) is 11.5 Å². The third kappa shape index (κ3) is 2.30. The van der Waals surface area contributed by atoms with Crippen molar-refractivity contribution in [1.82, 2.24) is 4.98 Å². The van der Waals surface area contributed by atoms with Crippen molar-refractivity contribution < 1.29 is 9.47 Å². The lowest BCUT2D eigenvalue weighted by atomic mass is 10.1. The van der Waals surface area contributed by atoms with Gasteiger partial charge in [0.25, 0.3) is 0 Å². The van der Waals surface area contributed by atoms with Gasteiger partial charge in [0, 0.05) is 0 Å².